The van der Waals surface area contributed by atoms with E-state index in [1.165, 1.54) is 24.8 Å². The maximum atomic E-state index is 5.72. The van der Waals surface area contributed by atoms with Crippen LogP contribution in [0.1, 0.15) is 46.0 Å². The van der Waals surface area contributed by atoms with Crippen LogP contribution < -0.4 is 16.8 Å². The molecule has 0 saturated heterocycles. The molecule has 0 spiro atoms. The van der Waals surface area contributed by atoms with Gasteiger partial charge in [-0.1, -0.05) is 30.9 Å². The zero-order valence-corrected chi connectivity index (χ0v) is 11.3. The molecule has 0 aromatic heterocycles. The predicted octanol–water partition coefficient (Wildman–Crippen LogP) is 1.77. The molecule has 0 saturated carbocycles. The summed E-state index contributed by atoms with van der Waals surface area (Å²) in [5.74, 6) is 0.546. The lowest BCUT2D eigenvalue weighted by Crippen LogP contribution is -2.32. The average molecular weight is 240 g/mol. The van der Waals surface area contributed by atoms with Crippen LogP contribution in [0.5, 0.6) is 0 Å². The molecule has 0 aliphatic carbocycles. The lowest BCUT2D eigenvalue weighted by atomic mass is 10.1. The molecule has 0 rings (SSSR count). The summed E-state index contributed by atoms with van der Waals surface area (Å²) in [6.45, 7) is 6.49. The van der Waals surface area contributed by atoms with E-state index >= 15 is 0 Å². The van der Waals surface area contributed by atoms with Crippen LogP contribution in [0.2, 0.25) is 0 Å². The van der Waals surface area contributed by atoms with E-state index in [2.05, 4.69) is 30.2 Å². The first-order chi connectivity index (χ1) is 8.16. The number of aliphatic imine (C=N–C) groups is 1. The van der Waals surface area contributed by atoms with E-state index in [4.69, 9.17) is 11.5 Å². The summed E-state index contributed by atoms with van der Waals surface area (Å²) in [6.07, 6.45) is 8.06. The molecule has 0 bridgehead atoms. The highest BCUT2D eigenvalue weighted by Crippen LogP contribution is 2.00. The molecule has 0 fully saturated rings. The van der Waals surface area contributed by atoms with Crippen molar-refractivity contribution in [3.8, 4) is 0 Å². The van der Waals surface area contributed by atoms with Crippen molar-refractivity contribution in [1.29, 1.82) is 0 Å². The fourth-order valence-electron chi connectivity index (χ4n) is 1.40. The Balaban J connectivity index is 3.38. The highest BCUT2D eigenvalue weighted by molar-refractivity contribution is 5.77. The van der Waals surface area contributed by atoms with Crippen LogP contribution in [0.3, 0.4) is 0 Å². The minimum Gasteiger partial charge on any atom is -0.370 e. The third kappa shape index (κ3) is 12.9. The summed E-state index contributed by atoms with van der Waals surface area (Å²) >= 11 is 0. The molecule has 0 aliphatic rings. The van der Waals surface area contributed by atoms with Gasteiger partial charge in [-0.15, -0.1) is 0 Å². The van der Waals surface area contributed by atoms with E-state index in [9.17, 15) is 0 Å². The SMILES string of the molecule is CC(C)=CCN=C(N)NCCCCCCCN. The van der Waals surface area contributed by atoms with Gasteiger partial charge in [0, 0.05) is 6.54 Å². The maximum absolute atomic E-state index is 5.72. The van der Waals surface area contributed by atoms with Crippen molar-refractivity contribution in [3.63, 3.8) is 0 Å². The van der Waals surface area contributed by atoms with E-state index < -0.39 is 0 Å². The monoisotopic (exact) mass is 240 g/mol. The summed E-state index contributed by atoms with van der Waals surface area (Å²) in [5, 5.41) is 3.12. The minimum atomic E-state index is 0.546. The number of guanidine groups is 1. The van der Waals surface area contributed by atoms with Gasteiger partial charge in [0.05, 0.1) is 6.54 Å². The van der Waals surface area contributed by atoms with Crippen molar-refractivity contribution in [3.05, 3.63) is 11.6 Å². The van der Waals surface area contributed by atoms with Gasteiger partial charge in [0.1, 0.15) is 0 Å². The van der Waals surface area contributed by atoms with Gasteiger partial charge in [0.15, 0.2) is 5.96 Å². The molecule has 0 radical (unpaired) electrons. The van der Waals surface area contributed by atoms with Crippen LogP contribution >= 0.6 is 0 Å². The average Bonchev–Trinajstić information content (AvgIpc) is 2.27. The van der Waals surface area contributed by atoms with E-state index in [0.29, 0.717) is 12.5 Å². The molecule has 0 aromatic carbocycles. The number of unbranched alkanes of at least 4 members (excludes halogenated alkanes) is 4. The maximum Gasteiger partial charge on any atom is 0.188 e. The number of nitrogens with one attached hydrogen (secondary N) is 1. The molecular formula is C13H28N4. The van der Waals surface area contributed by atoms with Crippen molar-refractivity contribution < 1.29 is 0 Å². The molecule has 0 amide bonds. The smallest absolute Gasteiger partial charge is 0.188 e. The van der Waals surface area contributed by atoms with Crippen LogP contribution in [-0.4, -0.2) is 25.6 Å². The Morgan fingerprint density at radius 2 is 1.76 bits per heavy atom. The van der Waals surface area contributed by atoms with Crippen molar-refractivity contribution >= 4 is 5.96 Å². The number of nitrogens with zero attached hydrogens (tertiary/aromatic N) is 1. The molecular weight excluding hydrogens is 212 g/mol. The van der Waals surface area contributed by atoms with Gasteiger partial charge in [0.2, 0.25) is 0 Å². The molecule has 0 aliphatic heterocycles. The fraction of sp³-hybridized carbons (Fsp3) is 0.769. The van der Waals surface area contributed by atoms with Crippen LogP contribution in [-0.2, 0) is 0 Å². The van der Waals surface area contributed by atoms with Crippen LogP contribution in [0.4, 0.5) is 0 Å². The first-order valence-electron chi connectivity index (χ1n) is 6.54. The standard InChI is InChI=1S/C13H28N4/c1-12(2)8-11-17-13(15)16-10-7-5-3-4-6-9-14/h8H,3-7,9-11,14H2,1-2H3,(H3,15,16,17). The number of hydrogen-bond donors (Lipinski definition) is 3. The van der Waals surface area contributed by atoms with E-state index in [0.717, 1.165) is 25.9 Å². The molecule has 17 heavy (non-hydrogen) atoms. The molecule has 5 N–H and O–H groups in total. The number of allylic oxidation sites excluding steroid dienone is 1. The second-order valence-corrected chi connectivity index (χ2v) is 4.49. The Morgan fingerprint density at radius 3 is 2.41 bits per heavy atom. The van der Waals surface area contributed by atoms with Crippen LogP contribution in [0.15, 0.2) is 16.6 Å². The Labute approximate surface area is 106 Å². The second kappa shape index (κ2) is 11.5. The van der Waals surface area contributed by atoms with Gasteiger partial charge >= 0.3 is 0 Å². The predicted molar refractivity (Wildman–Crippen MR) is 76.1 cm³/mol. The Hall–Kier alpha value is -1.03. The minimum absolute atomic E-state index is 0.546. The van der Waals surface area contributed by atoms with Gasteiger partial charge in [-0.2, -0.15) is 0 Å². The van der Waals surface area contributed by atoms with Crippen molar-refractivity contribution in [2.24, 2.45) is 16.5 Å². The summed E-state index contributed by atoms with van der Waals surface area (Å²) in [4.78, 5) is 4.20. The number of nitrogens with two attached hydrogens (primary N) is 2. The van der Waals surface area contributed by atoms with Crippen molar-refractivity contribution in [2.75, 3.05) is 19.6 Å². The molecule has 4 nitrogen and oxygen atoms in total. The van der Waals surface area contributed by atoms with Crippen LogP contribution in [0.25, 0.3) is 0 Å². The highest BCUT2D eigenvalue weighted by Gasteiger charge is 1.92. The normalized spacial score (nSPS) is 11.4. The van der Waals surface area contributed by atoms with Gasteiger partial charge in [-0.25, -0.2) is 4.99 Å². The molecule has 100 valence electrons. The zero-order valence-electron chi connectivity index (χ0n) is 11.3. The molecule has 0 unspecified atom stereocenters. The zero-order chi connectivity index (χ0) is 12.9. The van der Waals surface area contributed by atoms with E-state index in [-0.39, 0.29) is 0 Å². The Bertz CT molecular complexity index is 230. The molecule has 0 heterocycles. The van der Waals surface area contributed by atoms with E-state index in [1.54, 1.807) is 0 Å². The van der Waals surface area contributed by atoms with Gasteiger partial charge in [-0.05, 0) is 33.2 Å². The molecule has 0 aromatic rings. The number of hydrogen-bond acceptors (Lipinski definition) is 2. The summed E-state index contributed by atoms with van der Waals surface area (Å²) in [7, 11) is 0. The topological polar surface area (TPSA) is 76.4 Å². The van der Waals surface area contributed by atoms with Crippen molar-refractivity contribution in [2.45, 2.75) is 46.0 Å². The summed E-state index contributed by atoms with van der Waals surface area (Å²) < 4.78 is 0. The fourth-order valence-corrected chi connectivity index (χ4v) is 1.40. The summed E-state index contributed by atoms with van der Waals surface area (Å²) in [5.41, 5.74) is 12.4. The third-order valence-corrected chi connectivity index (χ3v) is 2.45. The molecule has 0 atom stereocenters. The van der Waals surface area contributed by atoms with Crippen LogP contribution in [0, 0.1) is 0 Å². The van der Waals surface area contributed by atoms with Gasteiger partial charge < -0.3 is 16.8 Å². The van der Waals surface area contributed by atoms with E-state index in [1.807, 2.05) is 0 Å². The quantitative estimate of drug-likeness (QED) is 0.249. The third-order valence-electron chi connectivity index (χ3n) is 2.45. The van der Waals surface area contributed by atoms with Gasteiger partial charge in [-0.3, -0.25) is 0 Å². The lowest BCUT2D eigenvalue weighted by Gasteiger charge is -2.04. The highest BCUT2D eigenvalue weighted by atomic mass is 15.1. The Morgan fingerprint density at radius 1 is 1.12 bits per heavy atom. The first kappa shape index (κ1) is 16.0. The van der Waals surface area contributed by atoms with Gasteiger partial charge in [0.25, 0.3) is 0 Å². The van der Waals surface area contributed by atoms with Crippen molar-refractivity contribution in [1.82, 2.24) is 5.32 Å². The Kier molecular flexibility index (Phi) is 10.8. The largest absolute Gasteiger partial charge is 0.370 e. The lowest BCUT2D eigenvalue weighted by molar-refractivity contribution is 0.611. The molecule has 4 heteroatoms. The number of rotatable bonds is 9. The first-order valence-corrected chi connectivity index (χ1v) is 6.54. The second-order valence-electron chi connectivity index (χ2n) is 4.49. The summed E-state index contributed by atoms with van der Waals surface area (Å²) in [6, 6.07) is 0.